The van der Waals surface area contributed by atoms with Gasteiger partial charge in [-0.3, -0.25) is 0 Å². The third-order valence-corrected chi connectivity index (χ3v) is 3.92. The van der Waals surface area contributed by atoms with E-state index in [4.69, 9.17) is 5.73 Å². The number of benzene rings is 1. The Kier molecular flexibility index (Phi) is 6.40. The quantitative estimate of drug-likeness (QED) is 0.592. The van der Waals surface area contributed by atoms with Gasteiger partial charge in [0.15, 0.2) is 0 Å². The van der Waals surface area contributed by atoms with Crippen molar-refractivity contribution in [3.05, 3.63) is 36.7 Å². The van der Waals surface area contributed by atoms with Crippen LogP contribution in [-0.4, -0.2) is 50.3 Å². The van der Waals surface area contributed by atoms with E-state index in [0.29, 0.717) is 0 Å². The average molecular weight is 316 g/mol. The molecule has 0 aromatic heterocycles. The summed E-state index contributed by atoms with van der Waals surface area (Å²) >= 11 is 0. The lowest BCUT2D eigenvalue weighted by molar-refractivity contribution is 0.175. The van der Waals surface area contributed by atoms with Gasteiger partial charge in [0, 0.05) is 45.8 Å². The van der Waals surface area contributed by atoms with E-state index < -0.39 is 0 Å². The third-order valence-electron chi connectivity index (χ3n) is 3.92. The van der Waals surface area contributed by atoms with Crippen LogP contribution in [0.5, 0.6) is 0 Å². The molecule has 0 saturated heterocycles. The molecule has 0 spiro atoms. The molecule has 1 unspecified atom stereocenters. The summed E-state index contributed by atoms with van der Waals surface area (Å²) in [4.78, 5) is 6.35. The van der Waals surface area contributed by atoms with E-state index in [0.717, 1.165) is 43.7 Å². The summed E-state index contributed by atoms with van der Waals surface area (Å²) in [5, 5.41) is 8.90. The topological polar surface area (TPSA) is 60.5 Å². The minimum Gasteiger partial charge on any atom is -0.378 e. The van der Waals surface area contributed by atoms with Crippen molar-refractivity contribution < 1.29 is 0 Å². The molecule has 6 nitrogen and oxygen atoms in total. The molecule has 0 fully saturated rings. The number of hydrogen-bond donors (Lipinski definition) is 1. The van der Waals surface area contributed by atoms with Crippen molar-refractivity contribution >= 4 is 11.4 Å². The number of nitrogens with zero attached hydrogens (tertiary/aromatic N) is 5. The van der Waals surface area contributed by atoms with E-state index in [1.54, 1.807) is 0 Å². The Morgan fingerprint density at radius 1 is 1.09 bits per heavy atom. The molecule has 0 bridgehead atoms. The van der Waals surface area contributed by atoms with Crippen LogP contribution in [0.4, 0.5) is 11.4 Å². The molecule has 0 saturated carbocycles. The van der Waals surface area contributed by atoms with Crippen LogP contribution in [0.3, 0.4) is 0 Å². The number of hydrogen-bond acceptors (Lipinski definition) is 6. The minimum absolute atomic E-state index is 0.0543. The SMILES string of the molecule is CN(C)c1ccc(N=NC2N(C)C=CN2CCCCCN)cc1. The van der Waals surface area contributed by atoms with Gasteiger partial charge >= 0.3 is 0 Å². The molecule has 2 N–H and O–H groups in total. The van der Waals surface area contributed by atoms with Gasteiger partial charge in [0.2, 0.25) is 6.29 Å². The normalized spacial score (nSPS) is 17.5. The summed E-state index contributed by atoms with van der Waals surface area (Å²) in [6.45, 7) is 1.74. The van der Waals surface area contributed by atoms with Crippen molar-refractivity contribution in [1.29, 1.82) is 0 Å². The predicted octanol–water partition coefficient (Wildman–Crippen LogP) is 2.97. The molecule has 1 heterocycles. The molecule has 1 atom stereocenters. The standard InChI is InChI=1S/C17H28N6/c1-21(2)16-9-7-15(8-10-16)19-20-17-22(3)13-14-23(17)12-6-4-5-11-18/h7-10,13-14,17H,4-6,11-12,18H2,1-3H3. The molecule has 1 aliphatic rings. The van der Waals surface area contributed by atoms with Gasteiger partial charge in [-0.05, 0) is 43.7 Å². The molecule has 23 heavy (non-hydrogen) atoms. The fourth-order valence-electron chi connectivity index (χ4n) is 2.47. The Hall–Kier alpha value is -2.08. The lowest BCUT2D eigenvalue weighted by Gasteiger charge is -2.25. The third kappa shape index (κ3) is 4.96. The number of unbranched alkanes of at least 4 members (excludes halogenated alkanes) is 2. The smallest absolute Gasteiger partial charge is 0.218 e. The molecular weight excluding hydrogens is 288 g/mol. The zero-order chi connectivity index (χ0) is 16.7. The molecule has 1 aromatic carbocycles. The van der Waals surface area contributed by atoms with Crippen molar-refractivity contribution in [2.75, 3.05) is 39.1 Å². The number of rotatable bonds is 8. The van der Waals surface area contributed by atoms with E-state index in [2.05, 4.69) is 43.3 Å². The van der Waals surface area contributed by atoms with Gasteiger partial charge in [-0.1, -0.05) is 6.42 Å². The second-order valence-corrected chi connectivity index (χ2v) is 6.02. The van der Waals surface area contributed by atoms with E-state index in [-0.39, 0.29) is 6.29 Å². The summed E-state index contributed by atoms with van der Waals surface area (Å²) in [6.07, 6.45) is 7.43. The number of anilines is 1. The van der Waals surface area contributed by atoms with Crippen LogP contribution in [-0.2, 0) is 0 Å². The van der Waals surface area contributed by atoms with Crippen LogP contribution in [0, 0.1) is 0 Å². The molecule has 0 amide bonds. The Morgan fingerprint density at radius 2 is 1.83 bits per heavy atom. The van der Waals surface area contributed by atoms with E-state index in [9.17, 15) is 0 Å². The zero-order valence-corrected chi connectivity index (χ0v) is 14.4. The maximum Gasteiger partial charge on any atom is 0.218 e. The second-order valence-electron chi connectivity index (χ2n) is 6.02. The number of nitrogens with two attached hydrogens (primary N) is 1. The van der Waals surface area contributed by atoms with Crippen LogP contribution in [0.15, 0.2) is 46.9 Å². The van der Waals surface area contributed by atoms with Gasteiger partial charge in [0.05, 0.1) is 5.69 Å². The highest BCUT2D eigenvalue weighted by Gasteiger charge is 2.22. The first-order valence-electron chi connectivity index (χ1n) is 8.16. The van der Waals surface area contributed by atoms with Crippen molar-refractivity contribution in [1.82, 2.24) is 9.80 Å². The molecule has 6 heteroatoms. The van der Waals surface area contributed by atoms with Gasteiger partial charge in [-0.2, -0.15) is 5.11 Å². The van der Waals surface area contributed by atoms with Gasteiger partial charge in [-0.25, -0.2) is 0 Å². The zero-order valence-electron chi connectivity index (χ0n) is 14.4. The van der Waals surface area contributed by atoms with Crippen LogP contribution >= 0.6 is 0 Å². The van der Waals surface area contributed by atoms with Crippen LogP contribution < -0.4 is 10.6 Å². The van der Waals surface area contributed by atoms with Crippen LogP contribution in [0.2, 0.25) is 0 Å². The Labute approximate surface area is 139 Å². The van der Waals surface area contributed by atoms with Crippen molar-refractivity contribution in [2.45, 2.75) is 25.6 Å². The monoisotopic (exact) mass is 316 g/mol. The second kappa shape index (κ2) is 8.53. The molecule has 2 rings (SSSR count). The van der Waals surface area contributed by atoms with Gasteiger partial charge in [0.1, 0.15) is 0 Å². The molecule has 126 valence electrons. The summed E-state index contributed by atoms with van der Waals surface area (Å²) in [6, 6.07) is 8.09. The predicted molar refractivity (Wildman–Crippen MR) is 95.6 cm³/mol. The fraction of sp³-hybridized carbons (Fsp3) is 0.529. The molecule has 1 aromatic rings. The maximum atomic E-state index is 5.54. The molecule has 0 radical (unpaired) electrons. The summed E-state index contributed by atoms with van der Waals surface area (Å²) < 4.78 is 0. The lowest BCUT2D eigenvalue weighted by Crippen LogP contribution is -2.35. The van der Waals surface area contributed by atoms with E-state index >= 15 is 0 Å². The Bertz CT molecular complexity index is 522. The highest BCUT2D eigenvalue weighted by atomic mass is 15.5. The average Bonchev–Trinajstić information content (AvgIpc) is 2.90. The van der Waals surface area contributed by atoms with Gasteiger partial charge < -0.3 is 20.4 Å². The summed E-state index contributed by atoms with van der Waals surface area (Å²) in [7, 11) is 6.08. The summed E-state index contributed by atoms with van der Waals surface area (Å²) in [5.41, 5.74) is 7.57. The highest BCUT2D eigenvalue weighted by molar-refractivity contribution is 5.51. The van der Waals surface area contributed by atoms with E-state index in [1.165, 1.54) is 0 Å². The number of azo groups is 1. The fourth-order valence-corrected chi connectivity index (χ4v) is 2.47. The minimum atomic E-state index is -0.0543. The molecule has 0 aliphatic carbocycles. The van der Waals surface area contributed by atoms with Crippen molar-refractivity contribution in [3.8, 4) is 0 Å². The maximum absolute atomic E-state index is 5.54. The largest absolute Gasteiger partial charge is 0.378 e. The Balaban J connectivity index is 1.93. The van der Waals surface area contributed by atoms with E-state index in [1.807, 2.05) is 39.5 Å². The van der Waals surface area contributed by atoms with Gasteiger partial charge in [-0.15, -0.1) is 5.11 Å². The van der Waals surface area contributed by atoms with Crippen molar-refractivity contribution in [2.24, 2.45) is 16.0 Å². The molecular formula is C17H28N6. The summed E-state index contributed by atoms with van der Waals surface area (Å²) in [5.74, 6) is 0. The Morgan fingerprint density at radius 3 is 2.48 bits per heavy atom. The first kappa shape index (κ1) is 17.3. The lowest BCUT2D eigenvalue weighted by atomic mass is 10.2. The molecule has 1 aliphatic heterocycles. The van der Waals surface area contributed by atoms with Crippen LogP contribution in [0.25, 0.3) is 0 Å². The van der Waals surface area contributed by atoms with Crippen molar-refractivity contribution in [3.63, 3.8) is 0 Å². The van der Waals surface area contributed by atoms with Crippen LogP contribution in [0.1, 0.15) is 19.3 Å². The first-order chi connectivity index (χ1) is 11.1. The first-order valence-corrected chi connectivity index (χ1v) is 8.16. The van der Waals surface area contributed by atoms with Gasteiger partial charge in [0.25, 0.3) is 0 Å². The highest BCUT2D eigenvalue weighted by Crippen LogP contribution is 2.21.